The Balaban J connectivity index is 2.16. The van der Waals surface area contributed by atoms with E-state index in [1.54, 1.807) is 7.11 Å². The first-order valence-corrected chi connectivity index (χ1v) is 7.62. The molecule has 0 unspecified atom stereocenters. The fourth-order valence-electron chi connectivity index (χ4n) is 2.55. The first-order chi connectivity index (χ1) is 10.6. The van der Waals surface area contributed by atoms with Gasteiger partial charge in [0.15, 0.2) is 0 Å². The number of nitrogens with zero attached hydrogens (tertiary/aromatic N) is 3. The zero-order valence-corrected chi connectivity index (χ0v) is 13.9. The summed E-state index contributed by atoms with van der Waals surface area (Å²) in [6.45, 7) is 2.54. The SMILES string of the molecule is COc1nn(Cc2c(C)cccc2C#N)c2cc(Br)ccc12. The number of nitriles is 1. The van der Waals surface area contributed by atoms with Gasteiger partial charge in [-0.25, -0.2) is 0 Å². The summed E-state index contributed by atoms with van der Waals surface area (Å²) in [7, 11) is 1.61. The van der Waals surface area contributed by atoms with Crippen LogP contribution in [0, 0.1) is 18.3 Å². The molecule has 0 bridgehead atoms. The summed E-state index contributed by atoms with van der Waals surface area (Å²) >= 11 is 3.49. The molecular weight excluding hydrogens is 342 g/mol. The molecule has 1 aromatic heterocycles. The van der Waals surface area contributed by atoms with Gasteiger partial charge >= 0.3 is 0 Å². The highest BCUT2D eigenvalue weighted by molar-refractivity contribution is 9.10. The van der Waals surface area contributed by atoms with Crippen molar-refractivity contribution >= 4 is 26.8 Å². The van der Waals surface area contributed by atoms with Crippen LogP contribution in [0.15, 0.2) is 40.9 Å². The van der Waals surface area contributed by atoms with Gasteiger partial charge in [-0.15, -0.1) is 5.10 Å². The molecular formula is C17H14BrN3O. The molecule has 110 valence electrons. The maximum atomic E-state index is 9.32. The van der Waals surface area contributed by atoms with Crippen LogP contribution in [0.4, 0.5) is 0 Å². The molecule has 0 aliphatic rings. The van der Waals surface area contributed by atoms with Crippen LogP contribution >= 0.6 is 15.9 Å². The second-order valence-corrected chi connectivity index (χ2v) is 5.96. The predicted molar refractivity (Wildman–Crippen MR) is 89.0 cm³/mol. The number of ether oxygens (including phenoxy) is 1. The number of aromatic nitrogens is 2. The van der Waals surface area contributed by atoms with Gasteiger partial charge in [0.25, 0.3) is 0 Å². The van der Waals surface area contributed by atoms with Crippen LogP contribution < -0.4 is 4.74 Å². The molecule has 22 heavy (non-hydrogen) atoms. The number of hydrogen-bond acceptors (Lipinski definition) is 3. The highest BCUT2D eigenvalue weighted by Crippen LogP contribution is 2.28. The normalized spacial score (nSPS) is 10.6. The van der Waals surface area contributed by atoms with Gasteiger partial charge < -0.3 is 4.74 Å². The summed E-state index contributed by atoms with van der Waals surface area (Å²) in [4.78, 5) is 0. The molecule has 0 radical (unpaired) electrons. The molecule has 0 N–H and O–H groups in total. The third kappa shape index (κ3) is 2.46. The molecule has 1 heterocycles. The van der Waals surface area contributed by atoms with Crippen LogP contribution in [0.1, 0.15) is 16.7 Å². The summed E-state index contributed by atoms with van der Waals surface area (Å²) in [6, 6.07) is 13.9. The topological polar surface area (TPSA) is 50.8 Å². The maximum absolute atomic E-state index is 9.32. The van der Waals surface area contributed by atoms with Crippen LogP contribution in [-0.2, 0) is 6.54 Å². The lowest BCUT2D eigenvalue weighted by molar-refractivity contribution is 0.394. The van der Waals surface area contributed by atoms with Crippen molar-refractivity contribution in [3.63, 3.8) is 0 Å². The lowest BCUT2D eigenvalue weighted by atomic mass is 10.0. The molecule has 3 rings (SSSR count). The molecule has 0 spiro atoms. The van der Waals surface area contributed by atoms with Crippen molar-refractivity contribution in [3.05, 3.63) is 57.6 Å². The molecule has 0 fully saturated rings. The van der Waals surface area contributed by atoms with E-state index in [2.05, 4.69) is 27.1 Å². The third-order valence-corrected chi connectivity index (χ3v) is 4.20. The van der Waals surface area contributed by atoms with Crippen molar-refractivity contribution in [2.75, 3.05) is 7.11 Å². The van der Waals surface area contributed by atoms with Crippen LogP contribution in [0.3, 0.4) is 0 Å². The van der Waals surface area contributed by atoms with Gasteiger partial charge in [-0.05, 0) is 42.3 Å². The van der Waals surface area contributed by atoms with Gasteiger partial charge in [-0.1, -0.05) is 28.1 Å². The van der Waals surface area contributed by atoms with E-state index in [9.17, 15) is 5.26 Å². The van der Waals surface area contributed by atoms with Crippen LogP contribution in [-0.4, -0.2) is 16.9 Å². The fourth-order valence-corrected chi connectivity index (χ4v) is 2.90. The van der Waals surface area contributed by atoms with Gasteiger partial charge in [0.1, 0.15) is 0 Å². The Hall–Kier alpha value is -2.32. The number of fused-ring (bicyclic) bond motifs is 1. The largest absolute Gasteiger partial charge is 0.479 e. The minimum Gasteiger partial charge on any atom is -0.479 e. The van der Waals surface area contributed by atoms with E-state index in [0.29, 0.717) is 18.0 Å². The molecule has 5 heteroatoms. The number of methoxy groups -OCH3 is 1. The van der Waals surface area contributed by atoms with Gasteiger partial charge in [0.05, 0.1) is 36.2 Å². The van der Waals surface area contributed by atoms with Gasteiger partial charge in [0, 0.05) is 4.47 Å². The molecule has 3 aromatic rings. The molecule has 0 saturated heterocycles. The second kappa shape index (κ2) is 5.82. The monoisotopic (exact) mass is 355 g/mol. The average molecular weight is 356 g/mol. The standard InChI is InChI=1S/C17H14BrN3O/c1-11-4-3-5-12(9-19)15(11)10-21-16-8-13(18)6-7-14(16)17(20-21)22-2/h3-8H,10H2,1-2H3. The lowest BCUT2D eigenvalue weighted by Gasteiger charge is -2.09. The summed E-state index contributed by atoms with van der Waals surface area (Å²) in [5.74, 6) is 0.592. The Morgan fingerprint density at radius 2 is 2.14 bits per heavy atom. The average Bonchev–Trinajstić information content (AvgIpc) is 2.86. The van der Waals surface area contributed by atoms with Crippen LogP contribution in [0.25, 0.3) is 10.9 Å². The molecule has 0 aliphatic carbocycles. The van der Waals surface area contributed by atoms with Gasteiger partial charge in [-0.3, -0.25) is 4.68 Å². The van der Waals surface area contributed by atoms with Crippen molar-refractivity contribution in [1.82, 2.24) is 9.78 Å². The number of halogens is 1. The van der Waals surface area contributed by atoms with E-state index < -0.39 is 0 Å². The number of rotatable bonds is 3. The van der Waals surface area contributed by atoms with E-state index in [1.807, 2.05) is 48.0 Å². The van der Waals surface area contributed by atoms with Crippen molar-refractivity contribution in [3.8, 4) is 11.9 Å². The first kappa shape index (κ1) is 14.6. The summed E-state index contributed by atoms with van der Waals surface area (Å²) in [6.07, 6.45) is 0. The fraction of sp³-hybridized carbons (Fsp3) is 0.176. The zero-order valence-electron chi connectivity index (χ0n) is 12.3. The van der Waals surface area contributed by atoms with Gasteiger partial charge in [-0.2, -0.15) is 5.26 Å². The van der Waals surface area contributed by atoms with Crippen molar-refractivity contribution in [2.45, 2.75) is 13.5 Å². The zero-order chi connectivity index (χ0) is 15.7. The highest BCUT2D eigenvalue weighted by Gasteiger charge is 2.14. The molecule has 0 saturated carbocycles. The minimum absolute atomic E-state index is 0.534. The van der Waals surface area contributed by atoms with E-state index in [-0.39, 0.29) is 0 Å². The number of aryl methyl sites for hydroxylation is 1. The van der Waals surface area contributed by atoms with Gasteiger partial charge in [0.2, 0.25) is 5.88 Å². The Bertz CT molecular complexity index is 893. The van der Waals surface area contributed by atoms with Crippen molar-refractivity contribution in [2.24, 2.45) is 0 Å². The van der Waals surface area contributed by atoms with E-state index in [1.165, 1.54) is 0 Å². The summed E-state index contributed by atoms with van der Waals surface area (Å²) in [5, 5.41) is 14.8. The lowest BCUT2D eigenvalue weighted by Crippen LogP contribution is -2.05. The van der Waals surface area contributed by atoms with E-state index >= 15 is 0 Å². The number of benzene rings is 2. The Morgan fingerprint density at radius 3 is 2.86 bits per heavy atom. The summed E-state index contributed by atoms with van der Waals surface area (Å²) < 4.78 is 8.22. The van der Waals surface area contributed by atoms with Crippen LogP contribution in [0.5, 0.6) is 5.88 Å². The maximum Gasteiger partial charge on any atom is 0.240 e. The number of hydrogen-bond donors (Lipinski definition) is 0. The van der Waals surface area contributed by atoms with Crippen molar-refractivity contribution < 1.29 is 4.74 Å². The predicted octanol–water partition coefficient (Wildman–Crippen LogP) is 4.04. The second-order valence-electron chi connectivity index (χ2n) is 5.04. The Morgan fingerprint density at radius 1 is 1.32 bits per heavy atom. The van der Waals surface area contributed by atoms with Crippen molar-refractivity contribution in [1.29, 1.82) is 5.26 Å². The minimum atomic E-state index is 0.534. The molecule has 4 nitrogen and oxygen atoms in total. The molecule has 0 amide bonds. The molecule has 0 aliphatic heterocycles. The first-order valence-electron chi connectivity index (χ1n) is 6.82. The smallest absolute Gasteiger partial charge is 0.240 e. The highest BCUT2D eigenvalue weighted by atomic mass is 79.9. The third-order valence-electron chi connectivity index (χ3n) is 3.71. The quantitative estimate of drug-likeness (QED) is 0.712. The van der Waals surface area contributed by atoms with Crippen LogP contribution in [0.2, 0.25) is 0 Å². The summed E-state index contributed by atoms with van der Waals surface area (Å²) in [5.41, 5.74) is 3.71. The van der Waals surface area contributed by atoms with E-state index in [0.717, 1.165) is 26.5 Å². The van der Waals surface area contributed by atoms with E-state index in [4.69, 9.17) is 4.74 Å². The molecule has 2 aromatic carbocycles. The Kier molecular flexibility index (Phi) is 3.86. The molecule has 0 atom stereocenters. The Labute approximate surface area is 137 Å².